The second-order valence-corrected chi connectivity index (χ2v) is 10.4. The number of aryl methyl sites for hydroxylation is 1. The Morgan fingerprint density at radius 1 is 1.20 bits per heavy atom. The number of carbonyl (C=O) groups is 1. The molecule has 30 heavy (non-hydrogen) atoms. The number of hydrogen-bond donors (Lipinski definition) is 2. The van der Waals surface area contributed by atoms with Crippen molar-refractivity contribution in [1.82, 2.24) is 19.3 Å². The van der Waals surface area contributed by atoms with Gasteiger partial charge in [0.15, 0.2) is 0 Å². The third-order valence-corrected chi connectivity index (χ3v) is 6.82. The molecule has 3 rings (SSSR count). The summed E-state index contributed by atoms with van der Waals surface area (Å²) in [5.41, 5.74) is 2.60. The minimum Gasteiger partial charge on any atom is -0.480 e. The molecular weight excluding hydrogens is 404 g/mol. The fourth-order valence-corrected chi connectivity index (χ4v) is 5.09. The molecule has 2 N–H and O–H groups in total. The van der Waals surface area contributed by atoms with Gasteiger partial charge in [-0.15, -0.1) is 0 Å². The van der Waals surface area contributed by atoms with Crippen molar-refractivity contribution in [2.24, 2.45) is 5.41 Å². The average Bonchev–Trinajstić information content (AvgIpc) is 3.02. The number of aromatic nitrogens is 3. The first-order chi connectivity index (χ1) is 13.9. The Bertz CT molecular complexity index is 1180. The first-order valence-corrected chi connectivity index (χ1v) is 11.0. The molecule has 0 fully saturated rings. The van der Waals surface area contributed by atoms with Crippen molar-refractivity contribution in [3.8, 4) is 0 Å². The van der Waals surface area contributed by atoms with Gasteiger partial charge in [-0.3, -0.25) is 9.78 Å². The topological polar surface area (TPSA) is 116 Å². The zero-order chi connectivity index (χ0) is 22.3. The smallest absolute Gasteiger partial charge is 0.322 e. The van der Waals surface area contributed by atoms with Crippen LogP contribution in [0.25, 0.3) is 11.0 Å². The molecule has 1 atom stereocenters. The molecule has 0 amide bonds. The van der Waals surface area contributed by atoms with Crippen LogP contribution < -0.4 is 0 Å². The van der Waals surface area contributed by atoms with E-state index in [9.17, 15) is 18.3 Å². The average molecular weight is 431 g/mol. The van der Waals surface area contributed by atoms with Crippen molar-refractivity contribution in [1.29, 1.82) is 0 Å². The van der Waals surface area contributed by atoms with E-state index in [1.54, 1.807) is 39.1 Å². The van der Waals surface area contributed by atoms with Gasteiger partial charge in [-0.2, -0.15) is 4.31 Å². The van der Waals surface area contributed by atoms with Crippen LogP contribution in [0, 0.1) is 12.3 Å². The van der Waals surface area contributed by atoms with Crippen molar-refractivity contribution in [3.63, 3.8) is 0 Å². The summed E-state index contributed by atoms with van der Waals surface area (Å²) in [6.45, 7) is 6.98. The van der Waals surface area contributed by atoms with Gasteiger partial charge in [-0.1, -0.05) is 32.9 Å². The van der Waals surface area contributed by atoms with E-state index in [1.165, 1.54) is 19.2 Å². The highest BCUT2D eigenvalue weighted by Gasteiger charge is 2.40. The van der Waals surface area contributed by atoms with E-state index in [4.69, 9.17) is 0 Å². The summed E-state index contributed by atoms with van der Waals surface area (Å²) in [5, 5.41) is 9.56. The van der Waals surface area contributed by atoms with Crippen LogP contribution in [0.3, 0.4) is 0 Å². The van der Waals surface area contributed by atoms with Crippen molar-refractivity contribution in [2.75, 3.05) is 7.05 Å². The number of fused-ring (bicyclic) bond motifs is 1. The Balaban J connectivity index is 1.88. The Kier molecular flexibility index (Phi) is 5.70. The summed E-state index contributed by atoms with van der Waals surface area (Å²) in [5.74, 6) is -0.380. The Hall–Kier alpha value is -2.78. The number of likely N-dealkylation sites (N-methyl/N-ethyl adjacent to an activating group) is 1. The second kappa shape index (κ2) is 7.81. The number of carboxylic acid groups (broad SMARTS) is 1. The van der Waals surface area contributed by atoms with Crippen LogP contribution in [0.2, 0.25) is 0 Å². The lowest BCUT2D eigenvalue weighted by molar-refractivity contribution is -0.144. The molecule has 0 aliphatic heterocycles. The molecule has 8 nitrogen and oxygen atoms in total. The number of carboxylic acids is 1. The number of imidazole rings is 1. The number of aromatic amines is 1. The minimum absolute atomic E-state index is 0.0473. The number of rotatable bonds is 6. The molecule has 0 aliphatic carbocycles. The normalized spacial score (nSPS) is 13.7. The molecule has 0 saturated heterocycles. The Labute approximate surface area is 176 Å². The number of nitrogens with one attached hydrogen (secondary N) is 1. The fraction of sp³-hybridized carbons (Fsp3) is 0.381. The molecule has 2 aromatic heterocycles. The highest BCUT2D eigenvalue weighted by molar-refractivity contribution is 7.89. The van der Waals surface area contributed by atoms with Crippen LogP contribution in [0.15, 0.2) is 41.4 Å². The summed E-state index contributed by atoms with van der Waals surface area (Å²) in [6.07, 6.45) is 2.21. The highest BCUT2D eigenvalue weighted by Crippen LogP contribution is 2.28. The van der Waals surface area contributed by atoms with Gasteiger partial charge in [0.1, 0.15) is 17.4 Å². The molecule has 9 heteroatoms. The van der Waals surface area contributed by atoms with Gasteiger partial charge in [0, 0.05) is 19.7 Å². The van der Waals surface area contributed by atoms with Crippen molar-refractivity contribution in [2.45, 2.75) is 45.1 Å². The molecule has 0 unspecified atom stereocenters. The van der Waals surface area contributed by atoms with Crippen molar-refractivity contribution < 1.29 is 18.3 Å². The molecule has 160 valence electrons. The molecule has 0 spiro atoms. The predicted molar refractivity (Wildman–Crippen MR) is 114 cm³/mol. The van der Waals surface area contributed by atoms with Gasteiger partial charge in [0.05, 0.1) is 16.1 Å². The number of nitrogens with zero attached hydrogens (tertiary/aromatic N) is 3. The van der Waals surface area contributed by atoms with Crippen LogP contribution in [0.4, 0.5) is 0 Å². The van der Waals surface area contributed by atoms with Gasteiger partial charge in [-0.05, 0) is 36.1 Å². The third-order valence-electron chi connectivity index (χ3n) is 4.98. The maximum atomic E-state index is 13.0. The largest absolute Gasteiger partial charge is 0.480 e. The summed E-state index contributed by atoms with van der Waals surface area (Å²) in [7, 11) is -2.66. The maximum absolute atomic E-state index is 13.0. The van der Waals surface area contributed by atoms with Crippen LogP contribution in [-0.4, -0.2) is 51.8 Å². The van der Waals surface area contributed by atoms with Gasteiger partial charge >= 0.3 is 5.97 Å². The summed E-state index contributed by atoms with van der Waals surface area (Å²) in [4.78, 5) is 23.8. The van der Waals surface area contributed by atoms with E-state index in [-0.39, 0.29) is 4.90 Å². The van der Waals surface area contributed by atoms with Gasteiger partial charge in [-0.25, -0.2) is 13.4 Å². The number of hydrogen-bond acceptors (Lipinski definition) is 5. The molecule has 2 heterocycles. The molecule has 0 bridgehead atoms. The standard InChI is InChI=1S/C21H26N4O4S/c1-13-23-16-10-11-22-17(18(16)24-13)12-14-6-8-15(9-7-14)30(28,29)25(5)19(20(26)27)21(2,3)4/h6-11,19H,12H2,1-5H3,(H,23,24)(H,26,27)/t19-/m1/s1. The maximum Gasteiger partial charge on any atom is 0.322 e. The summed E-state index contributed by atoms with van der Waals surface area (Å²) < 4.78 is 26.9. The molecule has 0 radical (unpaired) electrons. The zero-order valence-electron chi connectivity index (χ0n) is 17.7. The highest BCUT2D eigenvalue weighted by atomic mass is 32.2. The minimum atomic E-state index is -3.97. The van der Waals surface area contributed by atoms with Crippen LogP contribution in [0.5, 0.6) is 0 Å². The number of benzene rings is 1. The third kappa shape index (κ3) is 4.22. The van der Waals surface area contributed by atoms with Crippen molar-refractivity contribution in [3.05, 3.63) is 53.6 Å². The molecule has 0 saturated carbocycles. The van der Waals surface area contributed by atoms with E-state index in [2.05, 4.69) is 15.0 Å². The van der Waals surface area contributed by atoms with Gasteiger partial charge in [0.25, 0.3) is 0 Å². The predicted octanol–water partition coefficient (Wildman–Crippen LogP) is 2.98. The number of H-pyrrole nitrogens is 1. The monoisotopic (exact) mass is 430 g/mol. The van der Waals surface area contributed by atoms with E-state index in [0.29, 0.717) is 6.42 Å². The first kappa shape index (κ1) is 21.9. The number of pyridine rings is 1. The SMILES string of the molecule is Cc1nc2c(Cc3ccc(S(=O)(=O)N(C)[C@H](C(=O)O)C(C)(C)C)cc3)nccc2[nH]1. The van der Waals surface area contributed by atoms with E-state index < -0.39 is 27.4 Å². The van der Waals surface area contributed by atoms with Crippen LogP contribution >= 0.6 is 0 Å². The lowest BCUT2D eigenvalue weighted by atomic mass is 9.87. The summed E-state index contributed by atoms with van der Waals surface area (Å²) >= 11 is 0. The molecule has 1 aromatic carbocycles. The number of sulfonamides is 1. The lowest BCUT2D eigenvalue weighted by Crippen LogP contribution is -2.49. The molecule has 0 aliphatic rings. The van der Waals surface area contributed by atoms with E-state index in [0.717, 1.165) is 32.4 Å². The zero-order valence-corrected chi connectivity index (χ0v) is 18.5. The number of aliphatic carboxylic acids is 1. The Morgan fingerprint density at radius 2 is 1.83 bits per heavy atom. The van der Waals surface area contributed by atoms with E-state index in [1.807, 2.05) is 13.0 Å². The van der Waals surface area contributed by atoms with Crippen LogP contribution in [-0.2, 0) is 21.2 Å². The van der Waals surface area contributed by atoms with Gasteiger partial charge < -0.3 is 10.1 Å². The quantitative estimate of drug-likeness (QED) is 0.621. The first-order valence-electron chi connectivity index (χ1n) is 9.51. The lowest BCUT2D eigenvalue weighted by Gasteiger charge is -2.33. The molecule has 3 aromatic rings. The van der Waals surface area contributed by atoms with E-state index >= 15 is 0 Å². The Morgan fingerprint density at radius 3 is 2.40 bits per heavy atom. The second-order valence-electron chi connectivity index (χ2n) is 8.42. The van der Waals surface area contributed by atoms with Gasteiger partial charge in [0.2, 0.25) is 10.0 Å². The van der Waals surface area contributed by atoms with Crippen LogP contribution in [0.1, 0.15) is 37.9 Å². The van der Waals surface area contributed by atoms with Crippen molar-refractivity contribution >= 4 is 27.0 Å². The molecular formula is C21H26N4O4S. The fourth-order valence-electron chi connectivity index (χ4n) is 3.59. The summed E-state index contributed by atoms with van der Waals surface area (Å²) in [6, 6.07) is 7.10.